The van der Waals surface area contributed by atoms with E-state index >= 15 is 0 Å². The minimum absolute atomic E-state index is 0.0850. The molecule has 8 nitrogen and oxygen atoms in total. The van der Waals surface area contributed by atoms with E-state index in [1.807, 2.05) is 31.3 Å². The van der Waals surface area contributed by atoms with Crippen LogP contribution < -0.4 is 5.32 Å². The minimum Gasteiger partial charge on any atom is -0.459 e. The molecular formula is C22H28N4O4. The fraction of sp³-hybridized carbons (Fsp3) is 0.500. The van der Waals surface area contributed by atoms with Gasteiger partial charge in [0.05, 0.1) is 18.9 Å². The number of rotatable bonds is 6. The number of para-hydroxylation sites is 1. The van der Waals surface area contributed by atoms with Crippen molar-refractivity contribution in [3.63, 3.8) is 0 Å². The van der Waals surface area contributed by atoms with Crippen LogP contribution in [0, 0.1) is 5.92 Å². The molecule has 3 heterocycles. The lowest BCUT2D eigenvalue weighted by molar-refractivity contribution is -0.149. The van der Waals surface area contributed by atoms with Crippen LogP contribution in [0.25, 0.3) is 10.9 Å². The summed E-state index contributed by atoms with van der Waals surface area (Å²) >= 11 is 0. The molecule has 30 heavy (non-hydrogen) atoms. The van der Waals surface area contributed by atoms with E-state index in [9.17, 15) is 14.4 Å². The predicted molar refractivity (Wildman–Crippen MR) is 112 cm³/mol. The molecule has 0 spiro atoms. The first-order chi connectivity index (χ1) is 14.3. The third kappa shape index (κ3) is 3.74. The first kappa shape index (κ1) is 20.3. The number of urea groups is 1. The van der Waals surface area contributed by atoms with Gasteiger partial charge in [-0.2, -0.15) is 0 Å². The number of nitrogens with one attached hydrogen (secondary N) is 1. The first-order valence-corrected chi connectivity index (χ1v) is 10.3. The summed E-state index contributed by atoms with van der Waals surface area (Å²) in [7, 11) is 1.99. The molecule has 3 amide bonds. The number of aryl methyl sites for hydroxylation is 1. The van der Waals surface area contributed by atoms with Crippen LogP contribution in [0.1, 0.15) is 26.0 Å². The summed E-state index contributed by atoms with van der Waals surface area (Å²) in [5.74, 6) is -0.996. The largest absolute Gasteiger partial charge is 0.459 e. The second-order valence-corrected chi connectivity index (χ2v) is 8.57. The van der Waals surface area contributed by atoms with E-state index in [0.717, 1.165) is 16.6 Å². The molecule has 2 aromatic rings. The molecule has 1 unspecified atom stereocenters. The van der Waals surface area contributed by atoms with Gasteiger partial charge in [-0.25, -0.2) is 4.79 Å². The molecule has 1 atom stereocenters. The summed E-state index contributed by atoms with van der Waals surface area (Å²) in [6.07, 6.45) is 0.0850. The Bertz CT molecular complexity index is 996. The van der Waals surface area contributed by atoms with Gasteiger partial charge < -0.3 is 24.4 Å². The number of aromatic nitrogens is 1. The van der Waals surface area contributed by atoms with Crippen LogP contribution in [0.15, 0.2) is 30.3 Å². The molecule has 4 rings (SSSR count). The maximum Gasteiger partial charge on any atom is 0.317 e. The highest BCUT2D eigenvalue weighted by molar-refractivity contribution is 5.88. The Morgan fingerprint density at radius 1 is 1.30 bits per heavy atom. The summed E-state index contributed by atoms with van der Waals surface area (Å²) in [5, 5.41) is 3.90. The second kappa shape index (κ2) is 7.66. The molecule has 1 aromatic carbocycles. The normalized spacial score (nSPS) is 20.5. The number of nitrogens with zero attached hydrogens (tertiary/aromatic N) is 3. The number of fused-ring (bicyclic) bond motifs is 1. The number of benzene rings is 1. The van der Waals surface area contributed by atoms with E-state index in [1.165, 1.54) is 0 Å². The molecule has 160 valence electrons. The Kier molecular flexibility index (Phi) is 5.17. The standard InChI is InChI=1S/C22H28N4O4/c1-22(2)17(13-19(27)30-22)20(28)26(11-10-25-9-8-23-21(25)29)14-16-12-15-6-4-5-7-18(15)24(16)3/h4-7,12,17H,8-11,13-14H2,1-3H3,(H,23,29). The number of cyclic esters (lactones) is 1. The number of ether oxygens (including phenoxy) is 1. The zero-order valence-electron chi connectivity index (χ0n) is 17.7. The Balaban J connectivity index is 1.59. The second-order valence-electron chi connectivity index (χ2n) is 8.57. The van der Waals surface area contributed by atoms with Gasteiger partial charge in [0.25, 0.3) is 0 Å². The number of amides is 3. The van der Waals surface area contributed by atoms with Crippen LogP contribution in [0.3, 0.4) is 0 Å². The third-order valence-corrected chi connectivity index (χ3v) is 6.19. The lowest BCUT2D eigenvalue weighted by Crippen LogP contribution is -2.46. The highest BCUT2D eigenvalue weighted by Crippen LogP contribution is 2.34. The molecule has 2 aliphatic heterocycles. The van der Waals surface area contributed by atoms with Crippen LogP contribution in [0.5, 0.6) is 0 Å². The molecule has 1 N–H and O–H groups in total. The van der Waals surface area contributed by atoms with Gasteiger partial charge in [-0.05, 0) is 31.4 Å². The van der Waals surface area contributed by atoms with Gasteiger partial charge in [-0.1, -0.05) is 18.2 Å². The van der Waals surface area contributed by atoms with Gasteiger partial charge in [0.2, 0.25) is 5.91 Å². The van der Waals surface area contributed by atoms with Crippen molar-refractivity contribution in [2.75, 3.05) is 26.2 Å². The number of carbonyl (C=O) groups excluding carboxylic acids is 3. The van der Waals surface area contributed by atoms with Gasteiger partial charge in [0, 0.05) is 44.4 Å². The van der Waals surface area contributed by atoms with Crippen molar-refractivity contribution in [3.8, 4) is 0 Å². The summed E-state index contributed by atoms with van der Waals surface area (Å²) in [4.78, 5) is 40.8. The van der Waals surface area contributed by atoms with E-state index in [0.29, 0.717) is 32.7 Å². The third-order valence-electron chi connectivity index (χ3n) is 6.19. The average molecular weight is 412 g/mol. The lowest BCUT2D eigenvalue weighted by Gasteiger charge is -2.31. The SMILES string of the molecule is Cn1c(CN(CCN2CCNC2=O)C(=O)C2CC(=O)OC2(C)C)cc2ccccc21. The molecule has 0 radical (unpaired) electrons. The number of hydrogen-bond donors (Lipinski definition) is 1. The fourth-order valence-electron chi connectivity index (χ4n) is 4.35. The molecule has 8 heteroatoms. The minimum atomic E-state index is -0.837. The Morgan fingerprint density at radius 3 is 2.70 bits per heavy atom. The molecule has 2 aliphatic rings. The molecule has 0 saturated carbocycles. The Morgan fingerprint density at radius 2 is 2.07 bits per heavy atom. The number of hydrogen-bond acceptors (Lipinski definition) is 4. The van der Waals surface area contributed by atoms with Crippen molar-refractivity contribution in [2.24, 2.45) is 13.0 Å². The monoisotopic (exact) mass is 412 g/mol. The smallest absolute Gasteiger partial charge is 0.317 e. The van der Waals surface area contributed by atoms with Gasteiger partial charge in [-0.3, -0.25) is 9.59 Å². The van der Waals surface area contributed by atoms with Crippen LogP contribution in [0.4, 0.5) is 4.79 Å². The van der Waals surface area contributed by atoms with E-state index in [2.05, 4.69) is 16.0 Å². The van der Waals surface area contributed by atoms with E-state index in [-0.39, 0.29) is 24.3 Å². The van der Waals surface area contributed by atoms with Crippen molar-refractivity contribution in [1.82, 2.24) is 19.7 Å². The summed E-state index contributed by atoms with van der Waals surface area (Å²) in [6.45, 7) is 6.06. The quantitative estimate of drug-likeness (QED) is 0.735. The van der Waals surface area contributed by atoms with Crippen LogP contribution >= 0.6 is 0 Å². The van der Waals surface area contributed by atoms with E-state index < -0.39 is 11.5 Å². The Labute approximate surface area is 175 Å². The molecule has 1 aromatic heterocycles. The van der Waals surface area contributed by atoms with Crippen molar-refractivity contribution in [3.05, 3.63) is 36.0 Å². The summed E-state index contributed by atoms with van der Waals surface area (Å²) < 4.78 is 7.47. The van der Waals surface area contributed by atoms with Crippen molar-refractivity contribution < 1.29 is 19.1 Å². The molecule has 2 saturated heterocycles. The van der Waals surface area contributed by atoms with Gasteiger partial charge in [0.1, 0.15) is 5.60 Å². The number of carbonyl (C=O) groups is 3. The summed E-state index contributed by atoms with van der Waals surface area (Å²) in [6, 6.07) is 10.1. The van der Waals surface area contributed by atoms with Crippen molar-refractivity contribution >= 4 is 28.8 Å². The Hall–Kier alpha value is -3.03. The molecular weight excluding hydrogens is 384 g/mol. The van der Waals surface area contributed by atoms with E-state index in [4.69, 9.17) is 4.74 Å². The van der Waals surface area contributed by atoms with Crippen molar-refractivity contribution in [1.29, 1.82) is 0 Å². The lowest BCUT2D eigenvalue weighted by atomic mass is 9.89. The maximum atomic E-state index is 13.5. The average Bonchev–Trinajstić information content (AvgIpc) is 3.33. The zero-order valence-corrected chi connectivity index (χ0v) is 17.7. The topological polar surface area (TPSA) is 83.9 Å². The van der Waals surface area contributed by atoms with Gasteiger partial charge in [0.15, 0.2) is 0 Å². The predicted octanol–water partition coefficient (Wildman–Crippen LogP) is 1.87. The van der Waals surface area contributed by atoms with Crippen molar-refractivity contribution in [2.45, 2.75) is 32.4 Å². The van der Waals surface area contributed by atoms with Gasteiger partial charge in [-0.15, -0.1) is 0 Å². The fourth-order valence-corrected chi connectivity index (χ4v) is 4.35. The number of esters is 1. The van der Waals surface area contributed by atoms with Crippen LogP contribution in [-0.2, 0) is 27.9 Å². The highest BCUT2D eigenvalue weighted by Gasteiger charge is 2.47. The highest BCUT2D eigenvalue weighted by atomic mass is 16.6. The summed E-state index contributed by atoms with van der Waals surface area (Å²) in [5.41, 5.74) is 1.26. The van der Waals surface area contributed by atoms with Gasteiger partial charge >= 0.3 is 12.0 Å². The zero-order chi connectivity index (χ0) is 21.5. The van der Waals surface area contributed by atoms with E-state index in [1.54, 1.807) is 23.6 Å². The molecule has 2 fully saturated rings. The maximum absolute atomic E-state index is 13.5. The van der Waals surface area contributed by atoms with Crippen LogP contribution in [0.2, 0.25) is 0 Å². The first-order valence-electron chi connectivity index (χ1n) is 10.3. The molecule has 0 bridgehead atoms. The van der Waals surface area contributed by atoms with Crippen LogP contribution in [-0.4, -0.2) is 64.1 Å². The molecule has 0 aliphatic carbocycles.